The van der Waals surface area contributed by atoms with E-state index in [1.165, 1.54) is 53.8 Å². The zero-order chi connectivity index (χ0) is 94.6. The fraction of sp³-hybridized carbons (Fsp3) is 0.406. The number of hydrogen-bond acceptors (Lipinski definition) is 19. The first-order valence-electron chi connectivity index (χ1n) is 40.6. The second kappa shape index (κ2) is 70.7. The summed E-state index contributed by atoms with van der Waals surface area (Å²) in [5.41, 5.74) is 9.43. The molecule has 0 radical (unpaired) electrons. The van der Waals surface area contributed by atoms with E-state index in [0.29, 0.717) is 51.7 Å². The minimum Gasteiger partial charge on any atom is -1.00 e. The maximum Gasteiger partial charge on any atom is 2.00 e. The van der Waals surface area contributed by atoms with Crippen LogP contribution in [0, 0.1) is 6.58 Å². The summed E-state index contributed by atoms with van der Waals surface area (Å²) in [5, 5.41) is 121. The third-order valence-corrected chi connectivity index (χ3v) is 21.8. The Hall–Kier alpha value is -5.86. The minimum absolute atomic E-state index is 0. The summed E-state index contributed by atoms with van der Waals surface area (Å²) in [4.78, 5) is 31.5. The Morgan fingerprint density at radius 1 is 0.489 bits per heavy atom. The van der Waals surface area contributed by atoms with Crippen molar-refractivity contribution in [3.05, 3.63) is 306 Å². The van der Waals surface area contributed by atoms with Crippen molar-refractivity contribution in [1.82, 2.24) is 16.8 Å². The van der Waals surface area contributed by atoms with E-state index in [0.717, 1.165) is 130 Å². The maximum atomic E-state index is 12.2. The molecule has 22 nitrogen and oxygen atoms in total. The van der Waals surface area contributed by atoms with Crippen LogP contribution in [0.2, 0.25) is 0 Å². The number of rotatable bonds is 25. The van der Waals surface area contributed by atoms with Crippen molar-refractivity contribution in [2.75, 3.05) is 39.5 Å². The number of amides is 2. The van der Waals surface area contributed by atoms with Gasteiger partial charge in [-0.05, 0) is 170 Å². The van der Waals surface area contributed by atoms with Gasteiger partial charge in [-0.15, -0.1) is 19.7 Å². The molecule has 3 saturated carbocycles. The Morgan fingerprint density at radius 3 is 1.05 bits per heavy atom. The van der Waals surface area contributed by atoms with Gasteiger partial charge in [0.05, 0.1) is 41.7 Å². The van der Waals surface area contributed by atoms with Crippen molar-refractivity contribution in [1.29, 1.82) is 0 Å². The number of carbonyl (C=O) groups is 3. The zero-order valence-corrected chi connectivity index (χ0v) is 83.7. The average molecular weight is 2240 g/mol. The topological polar surface area (TPSA) is 432 Å². The van der Waals surface area contributed by atoms with Crippen LogP contribution in [0.5, 0.6) is 0 Å². The van der Waals surface area contributed by atoms with Crippen LogP contribution >= 0.6 is 79.6 Å². The second-order valence-corrected chi connectivity index (χ2v) is 33.8. The SMILES string of the molecule is C.C=CC(O)c1cccc(Br)c1.C=CC1(O)CCCCC1.C=C[C@H](O)c1cccc(Br)c1.CCOCC.N.NC[C@@H](O)[C@@H](O)c1cccc(/C=C/C2(O)CCCCC2)c1.O.O=C(NC[C@@H](O)[C@@H](O)c1cccc(/C=C/C2(O)CCCCC2)c1)C(F)(F)F.O=C(NC[C@@H](O)[C@@H](O)c1cccc(Br)c1)C(F)(F)F.O=Cc1cccc(Br)c1.O[C@@H](c1cccc(Br)c1)[C@H]1CO1.[Br-].[CH-]=C.[Mg+2]. The number of aliphatic hydroxyl groups is 12. The Bertz CT molecular complexity index is 4340. The number of carbonyl (C=O) groups excluding carboxylic acids is 3. The van der Waals surface area contributed by atoms with Crippen LogP contribution in [0.1, 0.15) is 209 Å². The van der Waals surface area contributed by atoms with E-state index in [9.17, 15) is 102 Å². The molecule has 2 amide bonds. The number of benzene rings is 7. The number of halogens is 12. The van der Waals surface area contributed by atoms with E-state index >= 15 is 0 Å². The van der Waals surface area contributed by atoms with Gasteiger partial charge in [-0.2, -0.15) is 26.3 Å². The van der Waals surface area contributed by atoms with Gasteiger partial charge in [-0.1, -0.05) is 284 Å². The van der Waals surface area contributed by atoms with Gasteiger partial charge in [0.1, 0.15) is 49.0 Å². The molecular formula is C96H128Br6F6MgN4O18. The molecule has 21 N–H and O–H groups in total. The summed E-state index contributed by atoms with van der Waals surface area (Å²) in [6, 6.07) is 50.0. The van der Waals surface area contributed by atoms with E-state index in [-0.39, 0.29) is 71.7 Å². The van der Waals surface area contributed by atoms with E-state index < -0.39 is 109 Å². The van der Waals surface area contributed by atoms with E-state index in [1.54, 1.807) is 66.8 Å². The molecule has 7 aromatic rings. The summed E-state index contributed by atoms with van der Waals surface area (Å²) in [6.45, 7) is 22.5. The minimum atomic E-state index is -5.05. The predicted molar refractivity (Wildman–Crippen MR) is 520 cm³/mol. The Balaban J connectivity index is -0.000000710. The van der Waals surface area contributed by atoms with Crippen LogP contribution in [-0.2, 0) is 19.1 Å². The van der Waals surface area contributed by atoms with Crippen LogP contribution in [-0.4, -0.2) is 201 Å². The molecule has 1 heterocycles. The maximum absolute atomic E-state index is 12.2. The summed E-state index contributed by atoms with van der Waals surface area (Å²) in [7, 11) is 0. The molecule has 131 heavy (non-hydrogen) atoms. The molecular weight excluding hydrogens is 2110 g/mol. The van der Waals surface area contributed by atoms with Crippen molar-refractivity contribution in [3.8, 4) is 0 Å². The van der Waals surface area contributed by atoms with Crippen LogP contribution in [0.15, 0.2) is 249 Å². The summed E-state index contributed by atoms with van der Waals surface area (Å²) < 4.78 is 86.6. The first kappa shape index (κ1) is 131. The number of alkyl halides is 6. The second-order valence-electron chi connectivity index (χ2n) is 29.2. The molecule has 7 aromatic carbocycles. The van der Waals surface area contributed by atoms with E-state index in [4.69, 9.17) is 15.2 Å². The molecule has 1 unspecified atom stereocenters. The summed E-state index contributed by atoms with van der Waals surface area (Å²) in [6.07, 6.45) is 7.80. The van der Waals surface area contributed by atoms with Crippen molar-refractivity contribution in [2.24, 2.45) is 5.73 Å². The molecule has 1 aliphatic heterocycles. The number of ether oxygens (including phenoxy) is 2. The molecule has 10 atom stereocenters. The molecule has 0 aromatic heterocycles. The standard InChI is InChI=1S/C19H24F3NO4.C17H25NO3.C11H11BrF3NO3.C9H9BrO2.2C9H9BrO.C8H14O.C7H5BrO.C4H10O.C2H3.CH4.BrH.Mg.H3N.H2O/c20-19(21,22)17(26)23-12-15(24)16(25)14-6-4-5-13(11-14)7-10-18(27)8-2-1-3-9-18;18-12-15(19)16(20)14-6-4-5-13(11-14)7-10-17(21)8-2-1-3-9-17;12-7-3-1-2-6(4-7)9(18)8(17)5-16-10(19)11(13,14)15;10-7-3-1-2-6(4-7)9(11)8-5-12-8;2*1-2-9(11)7-4-3-5-8(10)6-7;1-2-8(9)6-4-3-5-7-8;8-7-3-1-2-6(4-7)5-9;1-3-5-4-2;1-2;;;;;/h4-7,10-11,15-16,24-25,27H,1-3,8-9,12H2,(H,23,26);4-7,10-11,15-16,19-21H,1-3,8-9,12,18H2;1-4,8-9,17-18H,5H2,(H,16,19);1-4,8-9,11H,5H2;2*2-6,9,11H,1H2;2,9H,1,3-7H2;1-5H;3-4H2,1-2H3;1H,2H2;1H4;1H;;1H3;1H2/q;;;;;;;;;-1;;;+2;;/p-1/b2*10-7+;;;;;;;;;;;;;/t2*15-,16+;2*8-,9+;9-;;;;;;;;;;/m11110........../s1. The van der Waals surface area contributed by atoms with Crippen LogP contribution in [0.4, 0.5) is 26.3 Å². The normalized spacial score (nSPS) is 16.6. The Morgan fingerprint density at radius 2 is 0.771 bits per heavy atom. The molecule has 0 spiro atoms. The van der Waals surface area contributed by atoms with Crippen molar-refractivity contribution in [2.45, 2.75) is 208 Å². The zero-order valence-electron chi connectivity index (χ0n) is 72.7. The number of aliphatic hydroxyl groups excluding tert-OH is 9. The summed E-state index contributed by atoms with van der Waals surface area (Å²) >= 11 is 16.4. The van der Waals surface area contributed by atoms with Gasteiger partial charge in [-0.25, -0.2) is 0 Å². The van der Waals surface area contributed by atoms with Crippen molar-refractivity contribution < 1.29 is 134 Å². The van der Waals surface area contributed by atoms with E-state index in [2.05, 4.69) is 113 Å². The largest absolute Gasteiger partial charge is 2.00 e. The van der Waals surface area contributed by atoms with Gasteiger partial charge in [0.25, 0.3) is 0 Å². The molecule has 4 aliphatic rings. The number of epoxide rings is 1. The number of hydrogen-bond donors (Lipinski definition) is 16. The molecule has 1 saturated heterocycles. The van der Waals surface area contributed by atoms with Gasteiger partial charge in [-0.3, -0.25) is 21.0 Å². The third-order valence-electron chi connectivity index (χ3n) is 19.3. The fourth-order valence-corrected chi connectivity index (χ4v) is 14.2. The molecule has 3 aliphatic carbocycles. The van der Waals surface area contributed by atoms with Gasteiger partial charge in [0.15, 0.2) is 0 Å². The molecule has 35 heteroatoms. The molecule has 0 bridgehead atoms. The van der Waals surface area contributed by atoms with Gasteiger partial charge < -0.3 is 122 Å². The van der Waals surface area contributed by atoms with Crippen LogP contribution in [0.3, 0.4) is 0 Å². The molecule has 4 fully saturated rings. The molecule has 726 valence electrons. The number of aldehydes is 1. The van der Waals surface area contributed by atoms with Crippen LogP contribution in [0.25, 0.3) is 12.2 Å². The monoisotopic (exact) mass is 2240 g/mol. The number of nitrogens with two attached hydrogens (primary N) is 1. The first-order valence-corrected chi connectivity index (χ1v) is 44.6. The molecule has 11 rings (SSSR count). The Labute approximate surface area is 835 Å². The smallest absolute Gasteiger partial charge is 1.00 e. The quantitative estimate of drug-likeness (QED) is 0.00631. The predicted octanol–water partition coefficient (Wildman–Crippen LogP) is 15.3. The fourth-order valence-electron chi connectivity index (χ4n) is 12.1. The number of nitrogens with one attached hydrogen (secondary N) is 2. The van der Waals surface area contributed by atoms with Gasteiger partial charge in [0, 0.05) is 60.8 Å². The Kier molecular flexibility index (Phi) is 70.9. The van der Waals surface area contributed by atoms with Crippen molar-refractivity contribution in [3.63, 3.8) is 0 Å². The van der Waals surface area contributed by atoms with Gasteiger partial charge >= 0.3 is 47.2 Å². The van der Waals surface area contributed by atoms with E-state index in [1.807, 2.05) is 129 Å². The summed E-state index contributed by atoms with van der Waals surface area (Å²) in [5.74, 6) is -4.33. The van der Waals surface area contributed by atoms with Crippen molar-refractivity contribution >= 4 is 133 Å². The third kappa shape index (κ3) is 54.6. The average Bonchev–Trinajstić information content (AvgIpc) is 1.81. The van der Waals surface area contributed by atoms with Gasteiger partial charge in [0.2, 0.25) is 0 Å². The van der Waals surface area contributed by atoms with Crippen LogP contribution < -0.4 is 39.5 Å². The first-order chi connectivity index (χ1) is 59.6.